The van der Waals surface area contributed by atoms with Crippen LogP contribution in [0.25, 0.3) is 0 Å². The molecular formula is C32H39Cl2N4Ru-. The molecule has 0 aliphatic carbocycles. The van der Waals surface area contributed by atoms with E-state index in [9.17, 15) is 0 Å². The van der Waals surface area contributed by atoms with E-state index in [-0.39, 0.29) is 0 Å². The molecular weight excluding hydrogens is 612 g/mol. The Morgan fingerprint density at radius 1 is 0.718 bits per heavy atom. The molecule has 0 N–H and O–H groups in total. The van der Waals surface area contributed by atoms with Crippen molar-refractivity contribution in [3.8, 4) is 12.1 Å². The monoisotopic (exact) mass is 651 g/mol. The van der Waals surface area contributed by atoms with Crippen molar-refractivity contribution in [2.75, 3.05) is 22.9 Å². The quantitative estimate of drug-likeness (QED) is 0.210. The van der Waals surface area contributed by atoms with E-state index in [1.54, 1.807) is 12.1 Å². The first-order valence-corrected chi connectivity index (χ1v) is 18.0. The maximum atomic E-state index is 7.32. The summed E-state index contributed by atoms with van der Waals surface area (Å²) in [6, 6.07) is 22.5. The summed E-state index contributed by atoms with van der Waals surface area (Å²) in [5.41, 5.74) is 12.0. The summed E-state index contributed by atoms with van der Waals surface area (Å²) in [7, 11) is 11.3. The zero-order valence-electron chi connectivity index (χ0n) is 24.2. The van der Waals surface area contributed by atoms with Crippen LogP contribution in [0.15, 0.2) is 54.6 Å². The molecule has 0 aromatic heterocycles. The number of nitrogens with zero attached hydrogens (tertiary/aromatic N) is 4. The van der Waals surface area contributed by atoms with E-state index >= 15 is 0 Å². The number of hydrogen-bond donors (Lipinski definition) is 0. The molecule has 1 aliphatic rings. The van der Waals surface area contributed by atoms with E-state index in [4.69, 9.17) is 29.9 Å². The van der Waals surface area contributed by atoms with Crippen molar-refractivity contribution < 1.29 is 13.5 Å². The van der Waals surface area contributed by atoms with Crippen molar-refractivity contribution in [2.24, 2.45) is 0 Å². The molecule has 1 saturated heterocycles. The molecule has 1 aliphatic heterocycles. The molecule has 4 rings (SSSR count). The zero-order chi connectivity index (χ0) is 29.5. The molecule has 0 amide bonds. The molecule has 1 heterocycles. The molecule has 4 nitrogen and oxygen atoms in total. The van der Waals surface area contributed by atoms with Crippen LogP contribution < -0.4 is 9.80 Å². The molecule has 0 unspecified atom stereocenters. The molecule has 3 aromatic rings. The van der Waals surface area contributed by atoms with Gasteiger partial charge in [-0.1, -0.05) is 35.4 Å². The SMILES string of the molecule is CC#N.CC#N.Cc1cc(C)c(N2[CH-]N(c3c(C)cc(C)cc3C)CC2)c(C)c1.[Cl][Ru]([Cl])=[CH]c1ccccc1. The van der Waals surface area contributed by atoms with Crippen LogP contribution in [-0.4, -0.2) is 17.7 Å². The van der Waals surface area contributed by atoms with Gasteiger partial charge in [-0.3, -0.25) is 0 Å². The molecule has 1 fully saturated rings. The number of anilines is 2. The predicted molar refractivity (Wildman–Crippen MR) is 166 cm³/mol. The summed E-state index contributed by atoms with van der Waals surface area (Å²) >= 11 is -1.61. The van der Waals surface area contributed by atoms with E-state index in [2.05, 4.69) is 82.3 Å². The van der Waals surface area contributed by atoms with Gasteiger partial charge >= 0.3 is 73.4 Å². The first-order chi connectivity index (χ1) is 18.5. The molecule has 210 valence electrons. The van der Waals surface area contributed by atoms with Gasteiger partial charge in [0.2, 0.25) is 0 Å². The fourth-order valence-electron chi connectivity index (χ4n) is 4.70. The molecule has 0 saturated carbocycles. The van der Waals surface area contributed by atoms with E-state index in [1.807, 2.05) is 34.9 Å². The standard InChI is InChI=1S/C21H27N2.C7H6.2C2H3N.2ClH.Ru/c1-14-9-16(3)20(17(4)10-14)22-7-8-23(13-22)21-18(5)11-15(2)12-19(21)6;1-7-5-3-2-4-6-7;2*1-2-3;;;/h9-13H,7-8H2,1-6H3;1-6H;2*1H3;2*1H;/q-1;;;;;;+2/p-2. The Balaban J connectivity index is 0.000000394. The predicted octanol–water partition coefficient (Wildman–Crippen LogP) is 8.81. The summed E-state index contributed by atoms with van der Waals surface area (Å²) in [5.74, 6) is 0. The number of rotatable bonds is 3. The topological polar surface area (TPSA) is 54.1 Å². The van der Waals surface area contributed by atoms with E-state index in [0.717, 1.165) is 18.7 Å². The summed E-state index contributed by atoms with van der Waals surface area (Å²) < 4.78 is 1.92. The Labute approximate surface area is 248 Å². The van der Waals surface area contributed by atoms with Gasteiger partial charge < -0.3 is 9.80 Å². The van der Waals surface area contributed by atoms with Crippen LogP contribution in [0.3, 0.4) is 0 Å². The molecule has 39 heavy (non-hydrogen) atoms. The number of halogens is 2. The van der Waals surface area contributed by atoms with E-state index < -0.39 is 13.5 Å². The second-order valence-corrected chi connectivity index (χ2v) is 14.9. The summed E-state index contributed by atoms with van der Waals surface area (Å²) in [6.07, 6.45) is 0. The van der Waals surface area contributed by atoms with Crippen LogP contribution in [-0.2, 0) is 13.5 Å². The van der Waals surface area contributed by atoms with Crippen molar-refractivity contribution in [1.29, 1.82) is 10.5 Å². The van der Waals surface area contributed by atoms with Crippen LogP contribution in [0.4, 0.5) is 11.4 Å². The third-order valence-corrected chi connectivity index (χ3v) is 7.57. The molecule has 7 heteroatoms. The summed E-state index contributed by atoms with van der Waals surface area (Å²) in [6.45, 7) is 20.4. The van der Waals surface area contributed by atoms with Crippen LogP contribution in [0.1, 0.15) is 52.8 Å². The van der Waals surface area contributed by atoms with Crippen molar-refractivity contribution in [3.63, 3.8) is 0 Å². The van der Waals surface area contributed by atoms with Crippen LogP contribution in [0.5, 0.6) is 0 Å². The third kappa shape index (κ3) is 11.5. The van der Waals surface area contributed by atoms with Crippen molar-refractivity contribution in [3.05, 3.63) is 100 Å². The molecule has 0 atom stereocenters. The van der Waals surface area contributed by atoms with Gasteiger partial charge in [-0.25, -0.2) is 0 Å². The van der Waals surface area contributed by atoms with Gasteiger partial charge in [0.1, 0.15) is 0 Å². The van der Waals surface area contributed by atoms with Crippen molar-refractivity contribution in [2.45, 2.75) is 55.4 Å². The van der Waals surface area contributed by atoms with Crippen LogP contribution >= 0.6 is 19.4 Å². The second kappa shape index (κ2) is 17.8. The minimum absolute atomic E-state index is 1.04. The van der Waals surface area contributed by atoms with Gasteiger partial charge in [0.05, 0.1) is 12.1 Å². The number of hydrogen-bond acceptors (Lipinski definition) is 4. The maximum absolute atomic E-state index is 7.32. The van der Waals surface area contributed by atoms with Gasteiger partial charge in [-0.05, 0) is 63.8 Å². The first kappa shape index (κ1) is 34.3. The number of benzene rings is 3. The van der Waals surface area contributed by atoms with Gasteiger partial charge in [-0.2, -0.15) is 17.2 Å². The Morgan fingerprint density at radius 3 is 1.36 bits per heavy atom. The van der Waals surface area contributed by atoms with E-state index in [1.165, 1.54) is 58.6 Å². The van der Waals surface area contributed by atoms with Crippen LogP contribution in [0, 0.1) is 70.9 Å². The average Bonchev–Trinajstić information content (AvgIpc) is 3.28. The molecule has 0 bridgehead atoms. The van der Waals surface area contributed by atoms with Crippen LogP contribution in [0.2, 0.25) is 0 Å². The average molecular weight is 652 g/mol. The Bertz CT molecular complexity index is 1200. The first-order valence-electron chi connectivity index (χ1n) is 12.5. The molecule has 0 radical (unpaired) electrons. The van der Waals surface area contributed by atoms with Gasteiger partial charge in [0.25, 0.3) is 0 Å². The fraction of sp³-hybridized carbons (Fsp3) is 0.312. The minimum atomic E-state index is -1.61. The normalized spacial score (nSPS) is 11.8. The van der Waals surface area contributed by atoms with Gasteiger partial charge in [-0.15, -0.1) is 0 Å². The fourth-order valence-corrected chi connectivity index (χ4v) is 6.53. The number of nitriles is 2. The van der Waals surface area contributed by atoms with Crippen molar-refractivity contribution in [1.82, 2.24) is 0 Å². The van der Waals surface area contributed by atoms with E-state index in [0.29, 0.717) is 0 Å². The summed E-state index contributed by atoms with van der Waals surface area (Å²) in [4.78, 5) is 4.81. The molecule has 3 aromatic carbocycles. The molecule has 0 spiro atoms. The third-order valence-electron chi connectivity index (χ3n) is 5.70. The van der Waals surface area contributed by atoms with Crippen molar-refractivity contribution >= 4 is 35.4 Å². The Kier molecular flexibility index (Phi) is 15.7. The van der Waals surface area contributed by atoms with Gasteiger partial charge in [0.15, 0.2) is 0 Å². The Hall–Kier alpha value is -2.69. The number of aryl methyl sites for hydroxylation is 6. The second-order valence-electron chi connectivity index (χ2n) is 9.16. The zero-order valence-corrected chi connectivity index (χ0v) is 27.4. The summed E-state index contributed by atoms with van der Waals surface area (Å²) in [5, 5.41) is 14.6. The van der Waals surface area contributed by atoms with Gasteiger partial charge in [0, 0.05) is 38.3 Å². The Morgan fingerprint density at radius 2 is 1.05 bits per heavy atom.